The Morgan fingerprint density at radius 1 is 1.06 bits per heavy atom. The molecule has 0 saturated carbocycles. The second-order valence-electron chi connectivity index (χ2n) is 7.10. The van der Waals surface area contributed by atoms with Gasteiger partial charge in [0.1, 0.15) is 0 Å². The van der Waals surface area contributed by atoms with Crippen molar-refractivity contribution >= 4 is 23.1 Å². The molecule has 0 aliphatic heterocycles. The van der Waals surface area contributed by atoms with Crippen molar-refractivity contribution in [2.24, 2.45) is 0 Å². The Morgan fingerprint density at radius 2 is 1.87 bits per heavy atom. The van der Waals surface area contributed by atoms with Crippen LogP contribution in [0.25, 0.3) is 16.9 Å². The van der Waals surface area contributed by atoms with Gasteiger partial charge in [0.15, 0.2) is 5.65 Å². The maximum absolute atomic E-state index is 12.4. The van der Waals surface area contributed by atoms with Crippen molar-refractivity contribution in [3.8, 4) is 11.3 Å². The summed E-state index contributed by atoms with van der Waals surface area (Å²) in [7, 11) is 0. The molecule has 2 aromatic heterocycles. The maximum Gasteiger partial charge on any atom is 0.251 e. The topological polar surface area (TPSA) is 79.6 Å². The minimum atomic E-state index is -0.146. The molecule has 7 heteroatoms. The van der Waals surface area contributed by atoms with Gasteiger partial charge in [0.05, 0.1) is 11.9 Å². The SMILES string of the molecule is CCN(C(C)=O)c1cccc(-c2ccnc3c(CNC(=O)c4ccccc4)cnn23)c1. The van der Waals surface area contributed by atoms with Crippen LogP contribution in [-0.2, 0) is 11.3 Å². The van der Waals surface area contributed by atoms with E-state index in [4.69, 9.17) is 0 Å². The maximum atomic E-state index is 12.4. The van der Waals surface area contributed by atoms with Crippen molar-refractivity contribution in [2.45, 2.75) is 20.4 Å². The van der Waals surface area contributed by atoms with E-state index in [0.29, 0.717) is 24.3 Å². The lowest BCUT2D eigenvalue weighted by Gasteiger charge is -2.19. The van der Waals surface area contributed by atoms with Crippen LogP contribution < -0.4 is 10.2 Å². The number of benzene rings is 2. The van der Waals surface area contributed by atoms with Crippen LogP contribution in [-0.4, -0.2) is 33.0 Å². The number of aromatic nitrogens is 3. The predicted molar refractivity (Wildman–Crippen MR) is 120 cm³/mol. The minimum absolute atomic E-state index is 0.00458. The molecule has 31 heavy (non-hydrogen) atoms. The first-order chi connectivity index (χ1) is 15.1. The fourth-order valence-corrected chi connectivity index (χ4v) is 3.57. The molecule has 2 aromatic carbocycles. The third kappa shape index (κ3) is 4.16. The van der Waals surface area contributed by atoms with Crippen molar-refractivity contribution in [1.82, 2.24) is 19.9 Å². The zero-order valence-electron chi connectivity index (χ0n) is 17.4. The van der Waals surface area contributed by atoms with Gasteiger partial charge in [0, 0.05) is 48.6 Å². The van der Waals surface area contributed by atoms with Gasteiger partial charge in [0.25, 0.3) is 5.91 Å². The Labute approximate surface area is 180 Å². The second-order valence-corrected chi connectivity index (χ2v) is 7.10. The number of hydrogen-bond acceptors (Lipinski definition) is 4. The molecule has 7 nitrogen and oxygen atoms in total. The van der Waals surface area contributed by atoms with Gasteiger partial charge in [-0.1, -0.05) is 30.3 Å². The molecule has 0 bridgehead atoms. The number of nitrogens with zero attached hydrogens (tertiary/aromatic N) is 4. The molecule has 1 N–H and O–H groups in total. The summed E-state index contributed by atoms with van der Waals surface area (Å²) in [5.74, 6) is -0.150. The fraction of sp³-hybridized carbons (Fsp3) is 0.167. The predicted octanol–water partition coefficient (Wildman–Crippen LogP) is 3.70. The molecular formula is C24H23N5O2. The summed E-state index contributed by atoms with van der Waals surface area (Å²) in [6, 6.07) is 18.8. The normalized spacial score (nSPS) is 10.8. The van der Waals surface area contributed by atoms with Gasteiger partial charge < -0.3 is 10.2 Å². The van der Waals surface area contributed by atoms with Crippen LogP contribution in [0.1, 0.15) is 29.8 Å². The summed E-state index contributed by atoms with van der Waals surface area (Å²) in [5, 5.41) is 7.42. The molecule has 0 atom stereocenters. The lowest BCUT2D eigenvalue weighted by atomic mass is 10.1. The summed E-state index contributed by atoms with van der Waals surface area (Å²) in [6.07, 6.45) is 3.44. The van der Waals surface area contributed by atoms with Crippen LogP contribution in [0.5, 0.6) is 0 Å². The molecule has 0 unspecified atom stereocenters. The van der Waals surface area contributed by atoms with E-state index in [2.05, 4.69) is 15.4 Å². The Hall–Kier alpha value is -4.00. The number of rotatable bonds is 6. The van der Waals surface area contributed by atoms with E-state index in [-0.39, 0.29) is 11.8 Å². The lowest BCUT2D eigenvalue weighted by molar-refractivity contribution is -0.116. The zero-order chi connectivity index (χ0) is 21.8. The van der Waals surface area contributed by atoms with Gasteiger partial charge in [0.2, 0.25) is 5.91 Å². The summed E-state index contributed by atoms with van der Waals surface area (Å²) in [5.41, 5.74) is 4.71. The quantitative estimate of drug-likeness (QED) is 0.523. The van der Waals surface area contributed by atoms with E-state index >= 15 is 0 Å². The molecule has 0 fully saturated rings. The lowest BCUT2D eigenvalue weighted by Crippen LogP contribution is -2.27. The standard InChI is InChI=1S/C24H23N5O2/c1-3-28(17(2)30)21-11-7-10-19(14-21)22-12-13-25-23-20(16-27-29(22)23)15-26-24(31)18-8-5-4-6-9-18/h4-14,16H,3,15H2,1-2H3,(H,26,31). The highest BCUT2D eigenvalue weighted by molar-refractivity contribution is 5.94. The second kappa shape index (κ2) is 8.79. The molecule has 0 spiro atoms. The third-order valence-corrected chi connectivity index (χ3v) is 5.10. The molecule has 0 aliphatic carbocycles. The molecule has 4 rings (SSSR count). The van der Waals surface area contributed by atoms with Gasteiger partial charge in [-0.05, 0) is 37.3 Å². The van der Waals surface area contributed by atoms with Crippen molar-refractivity contribution in [2.75, 3.05) is 11.4 Å². The van der Waals surface area contributed by atoms with E-state index < -0.39 is 0 Å². The highest BCUT2D eigenvalue weighted by atomic mass is 16.2. The number of hydrogen-bond donors (Lipinski definition) is 1. The summed E-state index contributed by atoms with van der Waals surface area (Å²) < 4.78 is 1.76. The van der Waals surface area contributed by atoms with Crippen molar-refractivity contribution in [3.05, 3.63) is 84.2 Å². The van der Waals surface area contributed by atoms with Gasteiger partial charge in [-0.3, -0.25) is 9.59 Å². The minimum Gasteiger partial charge on any atom is -0.348 e. The first-order valence-corrected chi connectivity index (χ1v) is 10.1. The van der Waals surface area contributed by atoms with E-state index in [1.807, 2.05) is 55.5 Å². The first kappa shape index (κ1) is 20.3. The molecule has 2 amide bonds. The van der Waals surface area contributed by atoms with Crippen LogP contribution in [0.2, 0.25) is 0 Å². The number of carbonyl (C=O) groups excluding carboxylic acids is 2. The average molecular weight is 413 g/mol. The highest BCUT2D eigenvalue weighted by Crippen LogP contribution is 2.25. The number of fused-ring (bicyclic) bond motifs is 1. The highest BCUT2D eigenvalue weighted by Gasteiger charge is 2.14. The molecule has 2 heterocycles. The smallest absolute Gasteiger partial charge is 0.251 e. The molecule has 4 aromatic rings. The molecular weight excluding hydrogens is 390 g/mol. The number of anilines is 1. The Bertz CT molecular complexity index is 1230. The van der Waals surface area contributed by atoms with E-state index in [1.54, 1.807) is 40.9 Å². The van der Waals surface area contributed by atoms with Crippen molar-refractivity contribution in [3.63, 3.8) is 0 Å². The number of amides is 2. The first-order valence-electron chi connectivity index (χ1n) is 10.1. The van der Waals surface area contributed by atoms with Crippen LogP contribution in [0.3, 0.4) is 0 Å². The summed E-state index contributed by atoms with van der Waals surface area (Å²) >= 11 is 0. The van der Waals surface area contributed by atoms with Crippen LogP contribution in [0, 0.1) is 0 Å². The van der Waals surface area contributed by atoms with E-state index in [1.165, 1.54) is 0 Å². The molecule has 0 saturated heterocycles. The fourth-order valence-electron chi connectivity index (χ4n) is 3.57. The van der Waals surface area contributed by atoms with Crippen molar-refractivity contribution in [1.29, 1.82) is 0 Å². The van der Waals surface area contributed by atoms with Crippen molar-refractivity contribution < 1.29 is 9.59 Å². The van der Waals surface area contributed by atoms with Gasteiger partial charge in [-0.2, -0.15) is 5.10 Å². The number of nitrogens with one attached hydrogen (secondary N) is 1. The van der Waals surface area contributed by atoms with Gasteiger partial charge in [-0.15, -0.1) is 0 Å². The average Bonchev–Trinajstić information content (AvgIpc) is 3.22. The Morgan fingerprint density at radius 3 is 2.61 bits per heavy atom. The summed E-state index contributed by atoms with van der Waals surface area (Å²) in [6.45, 7) is 4.42. The van der Waals surface area contributed by atoms with E-state index in [9.17, 15) is 9.59 Å². The third-order valence-electron chi connectivity index (χ3n) is 5.10. The monoisotopic (exact) mass is 413 g/mol. The van der Waals surface area contributed by atoms with Gasteiger partial charge >= 0.3 is 0 Å². The van der Waals surface area contributed by atoms with E-state index in [0.717, 1.165) is 22.5 Å². The van der Waals surface area contributed by atoms with Crippen LogP contribution in [0.4, 0.5) is 5.69 Å². The summed E-state index contributed by atoms with van der Waals surface area (Å²) in [4.78, 5) is 30.5. The molecule has 0 aliphatic rings. The van der Waals surface area contributed by atoms with Crippen LogP contribution >= 0.6 is 0 Å². The Balaban J connectivity index is 1.62. The van der Waals surface area contributed by atoms with Crippen LogP contribution in [0.15, 0.2) is 73.1 Å². The van der Waals surface area contributed by atoms with Gasteiger partial charge in [-0.25, -0.2) is 9.50 Å². The zero-order valence-corrected chi connectivity index (χ0v) is 17.4. The Kier molecular flexibility index (Phi) is 5.75. The largest absolute Gasteiger partial charge is 0.348 e. The molecule has 156 valence electrons. The number of carbonyl (C=O) groups is 2. The molecule has 0 radical (unpaired) electrons.